The van der Waals surface area contributed by atoms with Crippen molar-refractivity contribution in [2.75, 3.05) is 0 Å². The Labute approximate surface area is 112 Å². The maximum atomic E-state index is 13.1. The summed E-state index contributed by atoms with van der Waals surface area (Å²) in [6, 6.07) is 8.71. The van der Waals surface area contributed by atoms with E-state index < -0.39 is 11.6 Å². The fraction of sp³-hybridized carbons (Fsp3) is 0.0769. The normalized spacial score (nSPS) is 10.7. The van der Waals surface area contributed by atoms with Gasteiger partial charge in [-0.05, 0) is 35.9 Å². The number of benzene rings is 2. The van der Waals surface area contributed by atoms with Gasteiger partial charge in [-0.25, -0.2) is 8.78 Å². The van der Waals surface area contributed by atoms with Crippen LogP contribution >= 0.6 is 23.4 Å². The molecule has 0 aliphatic rings. The van der Waals surface area contributed by atoms with Crippen molar-refractivity contribution in [3.63, 3.8) is 0 Å². The number of aliphatic hydroxyl groups is 1. The van der Waals surface area contributed by atoms with E-state index in [1.165, 1.54) is 17.8 Å². The van der Waals surface area contributed by atoms with Crippen LogP contribution in [0.5, 0.6) is 0 Å². The SMILES string of the molecule is OCc1ccc(Cl)cc1Sc1ccc(F)c(F)c1. The maximum Gasteiger partial charge on any atom is 0.159 e. The molecular formula is C13H9ClF2OS. The van der Waals surface area contributed by atoms with Crippen molar-refractivity contribution in [1.29, 1.82) is 0 Å². The summed E-state index contributed by atoms with van der Waals surface area (Å²) in [6.45, 7) is -0.136. The first-order valence-electron chi connectivity index (χ1n) is 5.12. The highest BCUT2D eigenvalue weighted by molar-refractivity contribution is 7.99. The van der Waals surface area contributed by atoms with Crippen molar-refractivity contribution in [2.45, 2.75) is 16.4 Å². The minimum absolute atomic E-state index is 0.136. The highest BCUT2D eigenvalue weighted by atomic mass is 35.5. The first-order chi connectivity index (χ1) is 8.60. The molecule has 0 saturated carbocycles. The molecule has 18 heavy (non-hydrogen) atoms. The van der Waals surface area contributed by atoms with Crippen molar-refractivity contribution in [1.82, 2.24) is 0 Å². The van der Waals surface area contributed by atoms with Crippen LogP contribution < -0.4 is 0 Å². The molecule has 2 rings (SSSR count). The van der Waals surface area contributed by atoms with E-state index in [1.54, 1.807) is 18.2 Å². The third kappa shape index (κ3) is 3.02. The summed E-state index contributed by atoms with van der Waals surface area (Å²) in [5.41, 5.74) is 0.689. The molecule has 0 aliphatic carbocycles. The van der Waals surface area contributed by atoms with E-state index in [4.69, 9.17) is 11.6 Å². The van der Waals surface area contributed by atoms with Crippen LogP contribution in [0.2, 0.25) is 5.02 Å². The number of aliphatic hydroxyl groups excluding tert-OH is 1. The molecule has 2 aromatic carbocycles. The second-order valence-corrected chi connectivity index (χ2v) is 5.14. The minimum atomic E-state index is -0.896. The smallest absolute Gasteiger partial charge is 0.159 e. The molecule has 0 fully saturated rings. The van der Waals surface area contributed by atoms with E-state index in [0.29, 0.717) is 15.5 Å². The highest BCUT2D eigenvalue weighted by Crippen LogP contribution is 2.33. The number of halogens is 3. The van der Waals surface area contributed by atoms with Gasteiger partial charge in [-0.2, -0.15) is 0 Å². The number of hydrogen-bond acceptors (Lipinski definition) is 2. The van der Waals surface area contributed by atoms with Gasteiger partial charge in [0.15, 0.2) is 11.6 Å². The van der Waals surface area contributed by atoms with Crippen LogP contribution in [0, 0.1) is 11.6 Å². The van der Waals surface area contributed by atoms with Crippen molar-refractivity contribution in [3.05, 3.63) is 58.6 Å². The third-order valence-electron chi connectivity index (χ3n) is 2.32. The van der Waals surface area contributed by atoms with Crippen molar-refractivity contribution < 1.29 is 13.9 Å². The summed E-state index contributed by atoms with van der Waals surface area (Å²) >= 11 is 7.09. The second kappa shape index (κ2) is 5.69. The molecule has 1 nitrogen and oxygen atoms in total. The average Bonchev–Trinajstić information content (AvgIpc) is 2.34. The number of rotatable bonds is 3. The molecule has 0 radical (unpaired) electrons. The predicted molar refractivity (Wildman–Crippen MR) is 67.9 cm³/mol. The van der Waals surface area contributed by atoms with Gasteiger partial charge in [-0.15, -0.1) is 0 Å². The lowest BCUT2D eigenvalue weighted by atomic mass is 10.2. The average molecular weight is 287 g/mol. The molecule has 0 unspecified atom stereocenters. The monoisotopic (exact) mass is 286 g/mol. The highest BCUT2D eigenvalue weighted by Gasteiger charge is 2.07. The van der Waals surface area contributed by atoms with E-state index >= 15 is 0 Å². The quantitative estimate of drug-likeness (QED) is 0.910. The van der Waals surface area contributed by atoms with E-state index in [2.05, 4.69) is 0 Å². The fourth-order valence-corrected chi connectivity index (χ4v) is 2.66. The summed E-state index contributed by atoms with van der Waals surface area (Å²) in [5.74, 6) is -1.78. The van der Waals surface area contributed by atoms with Crippen molar-refractivity contribution >= 4 is 23.4 Å². The summed E-state index contributed by atoms with van der Waals surface area (Å²) in [5, 5.41) is 9.72. The van der Waals surface area contributed by atoms with Gasteiger partial charge in [0.05, 0.1) is 6.61 Å². The predicted octanol–water partition coefficient (Wildman–Crippen LogP) is 4.26. The van der Waals surface area contributed by atoms with Crippen LogP contribution in [-0.2, 0) is 6.61 Å². The molecule has 0 saturated heterocycles. The van der Waals surface area contributed by atoms with Crippen molar-refractivity contribution in [2.24, 2.45) is 0 Å². The third-order valence-corrected chi connectivity index (χ3v) is 3.64. The van der Waals surface area contributed by atoms with Gasteiger partial charge in [0, 0.05) is 14.8 Å². The van der Waals surface area contributed by atoms with E-state index in [9.17, 15) is 13.9 Å². The summed E-state index contributed by atoms with van der Waals surface area (Å²) < 4.78 is 25.9. The Balaban J connectivity index is 2.33. The lowest BCUT2D eigenvalue weighted by Crippen LogP contribution is -1.88. The van der Waals surface area contributed by atoms with Crippen LogP contribution in [0.1, 0.15) is 5.56 Å². The van der Waals surface area contributed by atoms with E-state index in [1.807, 2.05) is 0 Å². The van der Waals surface area contributed by atoms with Crippen molar-refractivity contribution in [3.8, 4) is 0 Å². The Bertz CT molecular complexity index is 575. The molecule has 0 atom stereocenters. The van der Waals surface area contributed by atoms with Crippen LogP contribution in [0.25, 0.3) is 0 Å². The zero-order valence-electron chi connectivity index (χ0n) is 9.16. The Morgan fingerprint density at radius 1 is 1.06 bits per heavy atom. The molecule has 5 heteroatoms. The van der Waals surface area contributed by atoms with Crippen LogP contribution in [-0.4, -0.2) is 5.11 Å². The van der Waals surface area contributed by atoms with Gasteiger partial charge in [0.25, 0.3) is 0 Å². The summed E-state index contributed by atoms with van der Waals surface area (Å²) in [4.78, 5) is 1.27. The molecule has 0 spiro atoms. The molecule has 0 aromatic heterocycles. The van der Waals surface area contributed by atoms with E-state index in [-0.39, 0.29) is 6.61 Å². The molecule has 1 N–H and O–H groups in total. The van der Waals surface area contributed by atoms with Gasteiger partial charge in [-0.3, -0.25) is 0 Å². The fourth-order valence-electron chi connectivity index (χ4n) is 1.42. The lowest BCUT2D eigenvalue weighted by Gasteiger charge is -2.07. The van der Waals surface area contributed by atoms with E-state index in [0.717, 1.165) is 17.0 Å². The summed E-state index contributed by atoms with van der Waals surface area (Å²) in [7, 11) is 0. The van der Waals surface area contributed by atoms with Gasteiger partial charge >= 0.3 is 0 Å². The Morgan fingerprint density at radius 3 is 2.50 bits per heavy atom. The molecule has 0 aliphatic heterocycles. The van der Waals surface area contributed by atoms with Gasteiger partial charge in [-0.1, -0.05) is 29.4 Å². The largest absolute Gasteiger partial charge is 0.392 e. The second-order valence-electron chi connectivity index (χ2n) is 3.59. The first-order valence-corrected chi connectivity index (χ1v) is 6.32. The van der Waals surface area contributed by atoms with Gasteiger partial charge in [0.2, 0.25) is 0 Å². The lowest BCUT2D eigenvalue weighted by molar-refractivity contribution is 0.279. The van der Waals surface area contributed by atoms with Crippen LogP contribution in [0.15, 0.2) is 46.2 Å². The Kier molecular flexibility index (Phi) is 4.22. The molecule has 2 aromatic rings. The number of hydrogen-bond donors (Lipinski definition) is 1. The molecule has 0 heterocycles. The molecule has 0 amide bonds. The summed E-state index contributed by atoms with van der Waals surface area (Å²) in [6.07, 6.45) is 0. The zero-order chi connectivity index (χ0) is 13.1. The van der Waals surface area contributed by atoms with Crippen LogP contribution in [0.3, 0.4) is 0 Å². The minimum Gasteiger partial charge on any atom is -0.392 e. The zero-order valence-corrected chi connectivity index (χ0v) is 10.7. The Hall–Kier alpha value is -1.10. The molecule has 0 bridgehead atoms. The van der Waals surface area contributed by atoms with Gasteiger partial charge in [0.1, 0.15) is 0 Å². The van der Waals surface area contributed by atoms with Gasteiger partial charge < -0.3 is 5.11 Å². The molecular weight excluding hydrogens is 278 g/mol. The Morgan fingerprint density at radius 2 is 1.83 bits per heavy atom. The van der Waals surface area contributed by atoms with Crippen LogP contribution in [0.4, 0.5) is 8.78 Å². The first kappa shape index (κ1) is 13.3. The maximum absolute atomic E-state index is 13.1. The topological polar surface area (TPSA) is 20.2 Å². The molecule has 94 valence electrons. The standard InChI is InChI=1S/C13H9ClF2OS/c14-9-2-1-8(7-17)13(5-9)18-10-3-4-11(15)12(16)6-10/h1-6,17H,7H2.